The third kappa shape index (κ3) is 4.99. The smallest absolute Gasteiger partial charge is 0.416 e. The van der Waals surface area contributed by atoms with Crippen LogP contribution in [0.25, 0.3) is 0 Å². The van der Waals surface area contributed by atoms with Gasteiger partial charge in [-0.3, -0.25) is 4.79 Å². The normalized spacial score (nSPS) is 11.8. The van der Waals surface area contributed by atoms with Crippen LogP contribution in [-0.4, -0.2) is 19.0 Å². The summed E-state index contributed by atoms with van der Waals surface area (Å²) in [6.07, 6.45) is -10.1. The number of methoxy groups -OCH3 is 1. The molecule has 0 aromatic heterocycles. The van der Waals surface area contributed by atoms with E-state index in [-0.39, 0.29) is 17.3 Å². The topological polar surface area (TPSA) is 55.4 Å². The first-order valence-electron chi connectivity index (χ1n) is 7.21. The van der Waals surface area contributed by atoms with Crippen molar-refractivity contribution in [1.82, 2.24) is 0 Å². The van der Waals surface area contributed by atoms with Gasteiger partial charge in [0, 0.05) is 11.3 Å². The standard InChI is InChI=1S/C17H11F6NO3/c1-27-15(26)9-3-2-4-13(7-9)24-14(25)10-5-11(16(18,19)20)8-12(6-10)17(21,22)23/h2-8H,1H3,(H,24,25). The molecule has 0 atom stereocenters. The molecule has 2 aromatic rings. The summed E-state index contributed by atoms with van der Waals surface area (Å²) in [5, 5.41) is 2.15. The number of ether oxygens (including phenoxy) is 1. The molecule has 4 nitrogen and oxygen atoms in total. The number of carbonyl (C=O) groups excluding carboxylic acids is 2. The van der Waals surface area contributed by atoms with Gasteiger partial charge in [0.2, 0.25) is 0 Å². The second kappa shape index (κ2) is 7.29. The highest BCUT2D eigenvalue weighted by Crippen LogP contribution is 2.36. The molecule has 0 fully saturated rings. The van der Waals surface area contributed by atoms with Crippen LogP contribution in [0.4, 0.5) is 32.0 Å². The Balaban J connectivity index is 2.40. The van der Waals surface area contributed by atoms with Crippen molar-refractivity contribution in [2.75, 3.05) is 12.4 Å². The molecule has 1 N–H and O–H groups in total. The maximum absolute atomic E-state index is 12.9. The molecule has 1 amide bonds. The van der Waals surface area contributed by atoms with Gasteiger partial charge in [-0.25, -0.2) is 4.79 Å². The third-order valence-corrected chi connectivity index (χ3v) is 3.39. The van der Waals surface area contributed by atoms with Crippen LogP contribution in [0.3, 0.4) is 0 Å². The Morgan fingerprint density at radius 1 is 0.852 bits per heavy atom. The van der Waals surface area contributed by atoms with Crippen LogP contribution < -0.4 is 5.32 Å². The van der Waals surface area contributed by atoms with E-state index in [4.69, 9.17) is 0 Å². The monoisotopic (exact) mass is 391 g/mol. The Labute approximate surface area is 148 Å². The van der Waals surface area contributed by atoms with Gasteiger partial charge >= 0.3 is 18.3 Å². The number of hydrogen-bond donors (Lipinski definition) is 1. The molecule has 0 aliphatic heterocycles. The fraction of sp³-hybridized carbons (Fsp3) is 0.176. The van der Waals surface area contributed by atoms with Gasteiger partial charge in [-0.05, 0) is 36.4 Å². The molecule has 10 heteroatoms. The number of rotatable bonds is 3. The summed E-state index contributed by atoms with van der Waals surface area (Å²) in [7, 11) is 1.12. The number of esters is 1. The maximum Gasteiger partial charge on any atom is 0.416 e. The summed E-state index contributed by atoms with van der Waals surface area (Å²) >= 11 is 0. The van der Waals surface area contributed by atoms with Crippen molar-refractivity contribution in [3.8, 4) is 0 Å². The van der Waals surface area contributed by atoms with Crippen molar-refractivity contribution in [1.29, 1.82) is 0 Å². The predicted molar refractivity (Wildman–Crippen MR) is 82.2 cm³/mol. The zero-order valence-electron chi connectivity index (χ0n) is 13.5. The van der Waals surface area contributed by atoms with Crippen LogP contribution in [0.1, 0.15) is 31.8 Å². The fourth-order valence-electron chi connectivity index (χ4n) is 2.13. The van der Waals surface area contributed by atoms with Gasteiger partial charge in [0.05, 0.1) is 23.8 Å². The molecule has 0 radical (unpaired) electrons. The highest BCUT2D eigenvalue weighted by molar-refractivity contribution is 6.05. The Bertz CT molecular complexity index is 841. The van der Waals surface area contributed by atoms with Gasteiger partial charge in [0.1, 0.15) is 0 Å². The van der Waals surface area contributed by atoms with Gasteiger partial charge in [0.15, 0.2) is 0 Å². The van der Waals surface area contributed by atoms with Crippen LogP contribution in [-0.2, 0) is 17.1 Å². The van der Waals surface area contributed by atoms with E-state index in [0.29, 0.717) is 12.1 Å². The zero-order valence-corrected chi connectivity index (χ0v) is 13.5. The minimum absolute atomic E-state index is 0.00568. The second-order valence-corrected chi connectivity index (χ2v) is 5.32. The van der Waals surface area contributed by atoms with Crippen LogP contribution in [0, 0.1) is 0 Å². The first-order chi connectivity index (χ1) is 12.4. The lowest BCUT2D eigenvalue weighted by atomic mass is 10.0. The van der Waals surface area contributed by atoms with Gasteiger partial charge in [-0.15, -0.1) is 0 Å². The van der Waals surface area contributed by atoms with E-state index in [9.17, 15) is 35.9 Å². The van der Waals surface area contributed by atoms with Crippen molar-refractivity contribution in [3.63, 3.8) is 0 Å². The second-order valence-electron chi connectivity index (χ2n) is 5.32. The fourth-order valence-corrected chi connectivity index (χ4v) is 2.13. The average Bonchev–Trinajstić information content (AvgIpc) is 2.59. The van der Waals surface area contributed by atoms with Crippen LogP contribution >= 0.6 is 0 Å². The number of benzene rings is 2. The van der Waals surface area contributed by atoms with Crippen molar-refractivity contribution < 1.29 is 40.7 Å². The molecule has 0 spiro atoms. The number of hydrogen-bond acceptors (Lipinski definition) is 3. The van der Waals surface area contributed by atoms with E-state index >= 15 is 0 Å². The molecular formula is C17H11F6NO3. The molecule has 2 aromatic carbocycles. The van der Waals surface area contributed by atoms with E-state index in [1.54, 1.807) is 0 Å². The van der Waals surface area contributed by atoms with E-state index in [2.05, 4.69) is 10.1 Å². The highest BCUT2D eigenvalue weighted by atomic mass is 19.4. The minimum Gasteiger partial charge on any atom is -0.465 e. The Morgan fingerprint density at radius 3 is 1.89 bits per heavy atom. The molecule has 0 heterocycles. The number of anilines is 1. The van der Waals surface area contributed by atoms with E-state index in [1.165, 1.54) is 24.3 Å². The molecule has 0 aliphatic rings. The van der Waals surface area contributed by atoms with Crippen molar-refractivity contribution in [2.24, 2.45) is 0 Å². The molecule has 0 aliphatic carbocycles. The summed E-state index contributed by atoms with van der Waals surface area (Å²) in [5.74, 6) is -1.93. The highest BCUT2D eigenvalue weighted by Gasteiger charge is 2.37. The van der Waals surface area contributed by atoms with Crippen molar-refractivity contribution >= 4 is 17.6 Å². The summed E-state index contributed by atoms with van der Waals surface area (Å²) in [4.78, 5) is 23.6. The van der Waals surface area contributed by atoms with Gasteiger partial charge < -0.3 is 10.1 Å². The lowest BCUT2D eigenvalue weighted by Crippen LogP contribution is -2.17. The predicted octanol–water partition coefficient (Wildman–Crippen LogP) is 4.76. The summed E-state index contributed by atoms with van der Waals surface area (Å²) in [6, 6.07) is 5.74. The Morgan fingerprint density at radius 2 is 1.41 bits per heavy atom. The number of nitrogens with one attached hydrogen (secondary N) is 1. The first-order valence-corrected chi connectivity index (χ1v) is 7.21. The van der Waals surface area contributed by atoms with Crippen LogP contribution in [0.5, 0.6) is 0 Å². The van der Waals surface area contributed by atoms with Crippen LogP contribution in [0.15, 0.2) is 42.5 Å². The number of amides is 1. The number of alkyl halides is 6. The Hall–Kier alpha value is -3.04. The molecule has 0 unspecified atom stereocenters. The van der Waals surface area contributed by atoms with Crippen molar-refractivity contribution in [2.45, 2.75) is 12.4 Å². The summed E-state index contributed by atoms with van der Waals surface area (Å²) in [5.41, 5.74) is -4.01. The average molecular weight is 391 g/mol. The maximum atomic E-state index is 12.9. The summed E-state index contributed by atoms with van der Waals surface area (Å²) in [6.45, 7) is 0. The number of halogens is 6. The van der Waals surface area contributed by atoms with Gasteiger partial charge in [-0.2, -0.15) is 26.3 Å². The lowest BCUT2D eigenvalue weighted by molar-refractivity contribution is -0.143. The van der Waals surface area contributed by atoms with Crippen LogP contribution in [0.2, 0.25) is 0 Å². The molecule has 0 bridgehead atoms. The molecular weight excluding hydrogens is 380 g/mol. The van der Waals surface area contributed by atoms with Crippen molar-refractivity contribution in [3.05, 3.63) is 64.7 Å². The number of carbonyl (C=O) groups is 2. The van der Waals surface area contributed by atoms with E-state index in [0.717, 1.165) is 7.11 Å². The molecule has 0 saturated carbocycles. The van der Waals surface area contributed by atoms with Gasteiger partial charge in [-0.1, -0.05) is 6.07 Å². The largest absolute Gasteiger partial charge is 0.465 e. The van der Waals surface area contributed by atoms with Gasteiger partial charge in [0.25, 0.3) is 5.91 Å². The summed E-state index contributed by atoms with van der Waals surface area (Å²) < 4.78 is 81.6. The first kappa shape index (κ1) is 20.3. The third-order valence-electron chi connectivity index (χ3n) is 3.39. The zero-order chi connectivity index (χ0) is 20.4. The minimum atomic E-state index is -5.07. The van der Waals surface area contributed by atoms with E-state index < -0.39 is 40.9 Å². The molecule has 2 rings (SSSR count). The molecule has 144 valence electrons. The molecule has 0 saturated heterocycles. The quantitative estimate of drug-likeness (QED) is 0.606. The SMILES string of the molecule is COC(=O)c1cccc(NC(=O)c2cc(C(F)(F)F)cc(C(F)(F)F)c2)c1. The Kier molecular flexibility index (Phi) is 5.48. The lowest BCUT2D eigenvalue weighted by Gasteiger charge is -2.14. The van der Waals surface area contributed by atoms with E-state index in [1.807, 2.05) is 0 Å². The molecule has 27 heavy (non-hydrogen) atoms.